The number of carbonyl (C=O) groups excluding carboxylic acids is 1. The number of ether oxygens (including phenoxy) is 1. The number of nitrogens with zero attached hydrogens (tertiary/aromatic N) is 1. The van der Waals surface area contributed by atoms with Crippen molar-refractivity contribution in [1.29, 1.82) is 0 Å². The zero-order valence-electron chi connectivity index (χ0n) is 11.3. The summed E-state index contributed by atoms with van der Waals surface area (Å²) in [4.78, 5) is 13.7. The lowest BCUT2D eigenvalue weighted by molar-refractivity contribution is -0.114. The number of amides is 1. The predicted molar refractivity (Wildman–Crippen MR) is 75.0 cm³/mol. The molecule has 0 saturated carbocycles. The molecule has 2 rings (SSSR count). The summed E-state index contributed by atoms with van der Waals surface area (Å²) in [6.07, 6.45) is 0. The van der Waals surface area contributed by atoms with Crippen LogP contribution in [0, 0.1) is 6.92 Å². The molecule has 5 heteroatoms. The summed E-state index contributed by atoms with van der Waals surface area (Å²) < 4.78 is 5.33. The summed E-state index contributed by atoms with van der Waals surface area (Å²) in [6.45, 7) is 6.37. The molecule has 1 heterocycles. The molecule has 0 atom stereocenters. The molecule has 104 valence electrons. The Morgan fingerprint density at radius 3 is 2.84 bits per heavy atom. The van der Waals surface area contributed by atoms with Crippen molar-refractivity contribution in [3.05, 3.63) is 29.3 Å². The lowest BCUT2D eigenvalue weighted by Crippen LogP contribution is -2.35. The predicted octanol–water partition coefficient (Wildman–Crippen LogP) is 0.724. The summed E-state index contributed by atoms with van der Waals surface area (Å²) >= 11 is 0. The van der Waals surface area contributed by atoms with Crippen molar-refractivity contribution < 1.29 is 9.53 Å². The number of nitrogens with one attached hydrogen (secondary N) is 1. The second-order valence-electron chi connectivity index (χ2n) is 4.79. The van der Waals surface area contributed by atoms with Gasteiger partial charge in [-0.1, -0.05) is 12.1 Å². The summed E-state index contributed by atoms with van der Waals surface area (Å²) in [7, 11) is 0. The zero-order chi connectivity index (χ0) is 13.7. The normalized spacial score (nSPS) is 16.3. The summed E-state index contributed by atoms with van der Waals surface area (Å²) in [5.74, 6) is -0.161. The van der Waals surface area contributed by atoms with Crippen LogP contribution in [-0.4, -0.2) is 43.7 Å². The number of nitrogens with two attached hydrogens (primary N) is 1. The highest BCUT2D eigenvalue weighted by atomic mass is 16.5. The highest BCUT2D eigenvalue weighted by Crippen LogP contribution is 2.18. The first-order valence-corrected chi connectivity index (χ1v) is 6.58. The monoisotopic (exact) mass is 263 g/mol. The number of benzene rings is 1. The van der Waals surface area contributed by atoms with Crippen molar-refractivity contribution >= 4 is 11.6 Å². The molecular weight excluding hydrogens is 242 g/mol. The van der Waals surface area contributed by atoms with Crippen molar-refractivity contribution in [2.75, 3.05) is 38.2 Å². The summed E-state index contributed by atoms with van der Waals surface area (Å²) in [6, 6.07) is 6.16. The van der Waals surface area contributed by atoms with Crippen molar-refractivity contribution in [2.24, 2.45) is 5.73 Å². The van der Waals surface area contributed by atoms with Crippen LogP contribution in [0.5, 0.6) is 0 Å². The molecular formula is C14H21N3O2. The molecule has 0 bridgehead atoms. The summed E-state index contributed by atoms with van der Waals surface area (Å²) in [5, 5.41) is 2.83. The average molecular weight is 263 g/mol. The van der Waals surface area contributed by atoms with Crippen molar-refractivity contribution in [3.63, 3.8) is 0 Å². The topological polar surface area (TPSA) is 67.6 Å². The van der Waals surface area contributed by atoms with E-state index in [1.165, 1.54) is 5.56 Å². The third kappa shape index (κ3) is 4.02. The lowest BCUT2D eigenvalue weighted by Gasteiger charge is -2.26. The minimum Gasteiger partial charge on any atom is -0.379 e. The Morgan fingerprint density at radius 1 is 1.42 bits per heavy atom. The van der Waals surface area contributed by atoms with Gasteiger partial charge in [0.1, 0.15) is 0 Å². The Balaban J connectivity index is 2.04. The number of carbonyl (C=O) groups is 1. The van der Waals surface area contributed by atoms with Crippen LogP contribution in [0.3, 0.4) is 0 Å². The van der Waals surface area contributed by atoms with Gasteiger partial charge in [-0.3, -0.25) is 9.69 Å². The Hall–Kier alpha value is -1.43. The molecule has 19 heavy (non-hydrogen) atoms. The number of aryl methyl sites for hydroxylation is 1. The summed E-state index contributed by atoms with van der Waals surface area (Å²) in [5.41, 5.74) is 8.41. The molecule has 1 fully saturated rings. The van der Waals surface area contributed by atoms with Crippen LogP contribution < -0.4 is 11.1 Å². The molecule has 1 amide bonds. The maximum atomic E-state index is 11.4. The van der Waals surface area contributed by atoms with Crippen LogP contribution in [0.15, 0.2) is 18.2 Å². The SMILES string of the molecule is Cc1ccc(CN2CCOCC2)cc1NC(=O)CN. The molecule has 0 radical (unpaired) electrons. The molecule has 0 aliphatic carbocycles. The van der Waals surface area contributed by atoms with Gasteiger partial charge in [-0.25, -0.2) is 0 Å². The second kappa shape index (κ2) is 6.65. The van der Waals surface area contributed by atoms with Gasteiger partial charge in [0.05, 0.1) is 19.8 Å². The first-order valence-electron chi connectivity index (χ1n) is 6.58. The number of rotatable bonds is 4. The third-order valence-corrected chi connectivity index (χ3v) is 3.27. The van der Waals surface area contributed by atoms with E-state index in [1.54, 1.807) is 0 Å². The molecule has 1 aliphatic rings. The smallest absolute Gasteiger partial charge is 0.238 e. The number of hydrogen-bond acceptors (Lipinski definition) is 4. The first kappa shape index (κ1) is 14.0. The Labute approximate surface area is 113 Å². The Kier molecular flexibility index (Phi) is 4.90. The van der Waals surface area contributed by atoms with Gasteiger partial charge in [-0.05, 0) is 24.1 Å². The zero-order valence-corrected chi connectivity index (χ0v) is 11.3. The fourth-order valence-electron chi connectivity index (χ4n) is 2.12. The number of anilines is 1. The van der Waals surface area contributed by atoms with Gasteiger partial charge >= 0.3 is 0 Å². The maximum Gasteiger partial charge on any atom is 0.238 e. The minimum absolute atomic E-state index is 0.00707. The molecule has 0 unspecified atom stereocenters. The molecule has 1 aromatic carbocycles. The Morgan fingerprint density at radius 2 is 2.16 bits per heavy atom. The van der Waals surface area contributed by atoms with Crippen LogP contribution >= 0.6 is 0 Å². The van der Waals surface area contributed by atoms with Crippen LogP contribution in [0.25, 0.3) is 0 Å². The fourth-order valence-corrected chi connectivity index (χ4v) is 2.12. The number of morpholine rings is 1. The van der Waals surface area contributed by atoms with Gasteiger partial charge in [0, 0.05) is 25.3 Å². The molecule has 1 saturated heterocycles. The average Bonchev–Trinajstić information content (AvgIpc) is 2.43. The van der Waals surface area contributed by atoms with Crippen LogP contribution in [0.2, 0.25) is 0 Å². The van der Waals surface area contributed by atoms with Gasteiger partial charge in [0.2, 0.25) is 5.91 Å². The third-order valence-electron chi connectivity index (χ3n) is 3.27. The number of hydrogen-bond donors (Lipinski definition) is 2. The van der Waals surface area contributed by atoms with Gasteiger partial charge in [-0.15, -0.1) is 0 Å². The van der Waals surface area contributed by atoms with E-state index in [4.69, 9.17) is 10.5 Å². The minimum atomic E-state index is -0.161. The van der Waals surface area contributed by atoms with E-state index >= 15 is 0 Å². The molecule has 0 aromatic heterocycles. The van der Waals surface area contributed by atoms with Crippen molar-refractivity contribution in [3.8, 4) is 0 Å². The highest BCUT2D eigenvalue weighted by Gasteiger charge is 2.11. The lowest BCUT2D eigenvalue weighted by atomic mass is 10.1. The first-order chi connectivity index (χ1) is 9.19. The Bertz CT molecular complexity index is 442. The van der Waals surface area contributed by atoms with Crippen LogP contribution in [0.4, 0.5) is 5.69 Å². The quantitative estimate of drug-likeness (QED) is 0.840. The molecule has 1 aromatic rings. The molecule has 1 aliphatic heterocycles. The largest absolute Gasteiger partial charge is 0.379 e. The van der Waals surface area contributed by atoms with E-state index in [-0.39, 0.29) is 12.5 Å². The van der Waals surface area contributed by atoms with E-state index in [0.29, 0.717) is 0 Å². The van der Waals surface area contributed by atoms with Crippen LogP contribution in [0.1, 0.15) is 11.1 Å². The fraction of sp³-hybridized carbons (Fsp3) is 0.500. The van der Waals surface area contributed by atoms with Gasteiger partial charge in [-0.2, -0.15) is 0 Å². The van der Waals surface area contributed by atoms with Crippen molar-refractivity contribution in [2.45, 2.75) is 13.5 Å². The maximum absolute atomic E-state index is 11.4. The standard InChI is InChI=1S/C14H21N3O2/c1-11-2-3-12(8-13(11)16-14(18)9-15)10-17-4-6-19-7-5-17/h2-3,8H,4-7,9-10,15H2,1H3,(H,16,18). The second-order valence-corrected chi connectivity index (χ2v) is 4.79. The molecule has 0 spiro atoms. The van der Waals surface area contributed by atoms with E-state index in [9.17, 15) is 4.79 Å². The highest BCUT2D eigenvalue weighted by molar-refractivity contribution is 5.92. The van der Waals surface area contributed by atoms with E-state index in [1.807, 2.05) is 19.1 Å². The molecule has 5 nitrogen and oxygen atoms in total. The van der Waals surface area contributed by atoms with E-state index < -0.39 is 0 Å². The van der Waals surface area contributed by atoms with Crippen molar-refractivity contribution in [1.82, 2.24) is 4.90 Å². The van der Waals surface area contributed by atoms with E-state index in [2.05, 4.69) is 16.3 Å². The molecule has 3 N–H and O–H groups in total. The van der Waals surface area contributed by atoms with Gasteiger partial charge in [0.25, 0.3) is 0 Å². The van der Waals surface area contributed by atoms with E-state index in [0.717, 1.165) is 44.1 Å². The van der Waals surface area contributed by atoms with Gasteiger partial charge in [0.15, 0.2) is 0 Å². The van der Waals surface area contributed by atoms with Gasteiger partial charge < -0.3 is 15.8 Å². The van der Waals surface area contributed by atoms with Crippen LogP contribution in [-0.2, 0) is 16.1 Å².